The van der Waals surface area contributed by atoms with Crippen molar-refractivity contribution in [2.75, 3.05) is 0 Å². The van der Waals surface area contributed by atoms with Gasteiger partial charge in [-0.1, -0.05) is 13.5 Å². The van der Waals surface area contributed by atoms with E-state index in [1.807, 2.05) is 6.07 Å². The Balaban J connectivity index is 1.93. The van der Waals surface area contributed by atoms with Crippen LogP contribution in [0.25, 0.3) is 17.5 Å². The molecule has 0 aromatic carbocycles. The van der Waals surface area contributed by atoms with Gasteiger partial charge in [0.1, 0.15) is 12.4 Å². The lowest BCUT2D eigenvalue weighted by atomic mass is 9.86. The first-order valence-electron chi connectivity index (χ1n) is 9.01. The molecule has 0 radical (unpaired) electrons. The number of cyclic esters (lactones) is 1. The Morgan fingerprint density at radius 3 is 2.86 bits per heavy atom. The monoisotopic (exact) mass is 380 g/mol. The van der Waals surface area contributed by atoms with Crippen LogP contribution in [0.3, 0.4) is 0 Å². The van der Waals surface area contributed by atoms with E-state index in [1.54, 1.807) is 30.6 Å². The number of carbonyl (C=O) groups is 1. The summed E-state index contributed by atoms with van der Waals surface area (Å²) in [4.78, 5) is 29.8. The van der Waals surface area contributed by atoms with Crippen molar-refractivity contribution in [2.24, 2.45) is 0 Å². The van der Waals surface area contributed by atoms with Crippen LogP contribution in [0, 0.1) is 6.92 Å². The highest BCUT2D eigenvalue weighted by Gasteiger charge is 2.45. The molecule has 2 aromatic heterocycles. The van der Waals surface area contributed by atoms with Gasteiger partial charge >= 0.3 is 5.97 Å². The second kappa shape index (κ2) is 6.17. The van der Waals surface area contributed by atoms with Crippen LogP contribution in [-0.4, -0.2) is 25.7 Å². The number of rotatable bonds is 3. The van der Waals surface area contributed by atoms with Gasteiger partial charge in [-0.15, -0.1) is 0 Å². The fourth-order valence-electron chi connectivity index (χ4n) is 3.79. The topological polar surface area (TPSA) is 102 Å². The fraction of sp³-hybridized carbons (Fsp3) is 0.286. The Labute approximate surface area is 161 Å². The van der Waals surface area contributed by atoms with Crippen LogP contribution in [-0.2, 0) is 28.3 Å². The highest BCUT2D eigenvalue weighted by molar-refractivity contribution is 5.84. The summed E-state index contributed by atoms with van der Waals surface area (Å²) in [5.74, 6) is -0.716. The Morgan fingerprint density at radius 1 is 1.43 bits per heavy atom. The van der Waals surface area contributed by atoms with Crippen molar-refractivity contribution in [1.29, 1.82) is 0 Å². The molecular formula is C21H20N2O5. The van der Waals surface area contributed by atoms with Crippen molar-refractivity contribution in [3.63, 3.8) is 0 Å². The van der Waals surface area contributed by atoms with Gasteiger partial charge in [0.15, 0.2) is 5.60 Å². The van der Waals surface area contributed by atoms with Gasteiger partial charge in [0, 0.05) is 16.8 Å². The van der Waals surface area contributed by atoms with E-state index in [9.17, 15) is 19.8 Å². The van der Waals surface area contributed by atoms with Gasteiger partial charge in [-0.3, -0.25) is 9.78 Å². The molecule has 1 unspecified atom stereocenters. The minimum absolute atomic E-state index is 0.0247. The number of aromatic nitrogens is 2. The molecule has 0 spiro atoms. The number of hydrogen-bond acceptors (Lipinski definition) is 6. The van der Waals surface area contributed by atoms with Crippen molar-refractivity contribution < 1.29 is 19.7 Å². The number of carbonyl (C=O) groups excluding carboxylic acids is 1. The summed E-state index contributed by atoms with van der Waals surface area (Å²) < 4.78 is 6.64. The molecule has 28 heavy (non-hydrogen) atoms. The smallest absolute Gasteiger partial charge is 0.343 e. The zero-order chi connectivity index (χ0) is 20.2. The molecule has 0 saturated carbocycles. The third-order valence-corrected chi connectivity index (χ3v) is 5.46. The largest absolute Gasteiger partial charge is 0.508 e. The number of hydrogen-bond donors (Lipinski definition) is 2. The minimum Gasteiger partial charge on any atom is -0.508 e. The van der Waals surface area contributed by atoms with Gasteiger partial charge in [0.05, 0.1) is 23.5 Å². The van der Waals surface area contributed by atoms with Crippen LogP contribution in [0.5, 0.6) is 0 Å². The number of aliphatic hydroxyl groups excluding tert-OH is 1. The summed E-state index contributed by atoms with van der Waals surface area (Å²) in [6.07, 6.45) is 3.00. The van der Waals surface area contributed by atoms with Gasteiger partial charge in [-0.05, 0) is 43.2 Å². The molecule has 4 heterocycles. The quantitative estimate of drug-likeness (QED) is 0.411. The lowest BCUT2D eigenvalue weighted by Gasteiger charge is -2.31. The van der Waals surface area contributed by atoms with Gasteiger partial charge in [0.2, 0.25) is 0 Å². The Hall–Kier alpha value is -3.19. The van der Waals surface area contributed by atoms with Gasteiger partial charge in [-0.25, -0.2) is 4.79 Å². The molecule has 4 rings (SSSR count). The summed E-state index contributed by atoms with van der Waals surface area (Å²) in [5.41, 5.74) is 1.87. The molecule has 7 heteroatoms. The maximum Gasteiger partial charge on any atom is 0.343 e. The molecule has 0 aliphatic carbocycles. The predicted molar refractivity (Wildman–Crippen MR) is 103 cm³/mol. The van der Waals surface area contributed by atoms with E-state index in [0.29, 0.717) is 34.8 Å². The Morgan fingerprint density at radius 2 is 2.18 bits per heavy atom. The van der Waals surface area contributed by atoms with Gasteiger partial charge < -0.3 is 19.5 Å². The summed E-state index contributed by atoms with van der Waals surface area (Å²) in [7, 11) is 0. The number of aliphatic hydroxyl groups is 2. The second-order valence-electron chi connectivity index (χ2n) is 7.05. The summed E-state index contributed by atoms with van der Waals surface area (Å²) >= 11 is 0. The third kappa shape index (κ3) is 2.43. The fourth-order valence-corrected chi connectivity index (χ4v) is 3.79. The molecule has 0 saturated heterocycles. The maximum absolute atomic E-state index is 13.0. The molecule has 2 aliphatic heterocycles. The van der Waals surface area contributed by atoms with Crippen LogP contribution >= 0.6 is 0 Å². The number of allylic oxidation sites excluding steroid dienone is 1. The maximum atomic E-state index is 13.0. The number of nitrogens with zero attached hydrogens (tertiary/aromatic N) is 2. The first-order valence-corrected chi connectivity index (χ1v) is 9.01. The van der Waals surface area contributed by atoms with E-state index in [-0.39, 0.29) is 24.3 Å². The summed E-state index contributed by atoms with van der Waals surface area (Å²) in [5, 5.41) is 20.6. The van der Waals surface area contributed by atoms with E-state index in [1.165, 1.54) is 6.08 Å². The molecule has 2 aliphatic rings. The number of pyridine rings is 2. The number of aryl methyl sites for hydroxylation is 1. The molecule has 7 nitrogen and oxygen atoms in total. The van der Waals surface area contributed by atoms with Crippen molar-refractivity contribution in [3.05, 3.63) is 68.8 Å². The molecule has 2 aromatic rings. The van der Waals surface area contributed by atoms with E-state index >= 15 is 0 Å². The molecule has 0 amide bonds. The van der Waals surface area contributed by atoms with E-state index in [0.717, 1.165) is 11.1 Å². The summed E-state index contributed by atoms with van der Waals surface area (Å²) in [6, 6.07) is 3.55. The molecule has 0 bridgehead atoms. The van der Waals surface area contributed by atoms with Gasteiger partial charge in [-0.2, -0.15) is 0 Å². The summed E-state index contributed by atoms with van der Waals surface area (Å²) in [6.45, 7) is 7.17. The third-order valence-electron chi connectivity index (χ3n) is 5.46. The Kier molecular flexibility index (Phi) is 4.01. The standard InChI is InChI=1S/C21H20N2O5/c1-4-14(24)7-12-6-13-9-23-17(18(13)22-11(12)3)8-16-15(19(23)25)10-28-20(26)21(16,27)5-2/h4,6-8,24,27H,1,5,9-10H2,2-3H3/b14-7+. The first kappa shape index (κ1) is 18.2. The number of ether oxygens (including phenoxy) is 1. The number of fused-ring (bicyclic) bond motifs is 4. The zero-order valence-electron chi connectivity index (χ0n) is 15.7. The van der Waals surface area contributed by atoms with Crippen molar-refractivity contribution in [2.45, 2.75) is 39.0 Å². The Bertz CT molecular complexity index is 1130. The van der Waals surface area contributed by atoms with Crippen LogP contribution in [0.15, 0.2) is 35.3 Å². The normalized spacial score (nSPS) is 20.2. The molecule has 1 atom stereocenters. The predicted octanol–water partition coefficient (Wildman–Crippen LogP) is 2.32. The average Bonchev–Trinajstić information content (AvgIpc) is 3.03. The number of esters is 1. The molecule has 0 fully saturated rings. The van der Waals surface area contributed by atoms with Crippen molar-refractivity contribution in [3.8, 4) is 11.4 Å². The second-order valence-corrected chi connectivity index (χ2v) is 7.05. The van der Waals surface area contributed by atoms with Crippen LogP contribution in [0.1, 0.15) is 41.3 Å². The highest BCUT2D eigenvalue weighted by atomic mass is 16.6. The van der Waals surface area contributed by atoms with Gasteiger partial charge in [0.25, 0.3) is 5.56 Å². The van der Waals surface area contributed by atoms with E-state index in [4.69, 9.17) is 4.74 Å². The van der Waals surface area contributed by atoms with Crippen molar-refractivity contribution in [1.82, 2.24) is 9.55 Å². The van der Waals surface area contributed by atoms with E-state index in [2.05, 4.69) is 11.6 Å². The molecule has 2 N–H and O–H groups in total. The van der Waals surface area contributed by atoms with Crippen molar-refractivity contribution >= 4 is 12.0 Å². The molecular weight excluding hydrogens is 360 g/mol. The lowest BCUT2D eigenvalue weighted by molar-refractivity contribution is -0.172. The van der Waals surface area contributed by atoms with Crippen LogP contribution in [0.4, 0.5) is 0 Å². The van der Waals surface area contributed by atoms with E-state index < -0.39 is 11.6 Å². The SMILES string of the molecule is C=C/C(O)=C\c1cc2c(nc1C)-c1cc3c(c(=O)n1C2)COC(=O)C3(O)CC. The highest BCUT2D eigenvalue weighted by Crippen LogP contribution is 2.38. The lowest BCUT2D eigenvalue weighted by Crippen LogP contribution is -2.44. The average molecular weight is 380 g/mol. The molecule has 144 valence electrons. The van der Waals surface area contributed by atoms with Crippen LogP contribution < -0.4 is 5.56 Å². The van der Waals surface area contributed by atoms with Crippen LogP contribution in [0.2, 0.25) is 0 Å². The minimum atomic E-state index is -1.83. The first-order chi connectivity index (χ1) is 13.3. The zero-order valence-corrected chi connectivity index (χ0v) is 15.7.